The summed E-state index contributed by atoms with van der Waals surface area (Å²) in [4.78, 5) is 20.7. The number of nitrogens with zero attached hydrogens (tertiary/aromatic N) is 4. The highest BCUT2D eigenvalue weighted by Gasteiger charge is 2.27. The van der Waals surface area contributed by atoms with Gasteiger partial charge in [-0.05, 0) is 31.9 Å². The van der Waals surface area contributed by atoms with Gasteiger partial charge in [0.25, 0.3) is 5.89 Å². The van der Waals surface area contributed by atoms with E-state index in [0.717, 1.165) is 32.2 Å². The number of aryl methyl sites for hydroxylation is 1. The predicted molar refractivity (Wildman–Crippen MR) is 111 cm³/mol. The van der Waals surface area contributed by atoms with E-state index in [0.29, 0.717) is 36.1 Å². The van der Waals surface area contributed by atoms with E-state index < -0.39 is 16.1 Å². The first-order chi connectivity index (χ1) is 14.2. The van der Waals surface area contributed by atoms with E-state index in [1.807, 2.05) is 6.07 Å². The summed E-state index contributed by atoms with van der Waals surface area (Å²) in [5.41, 5.74) is 0.563. The lowest BCUT2D eigenvalue weighted by Gasteiger charge is -2.36. The van der Waals surface area contributed by atoms with Crippen molar-refractivity contribution in [1.82, 2.24) is 24.7 Å². The number of rotatable bonds is 7. The molecule has 1 aromatic carbocycles. The standard InChI is InChI=1S/C19H27N5O5S/c1-14-21-18(29-22-14)16-6-4-5-7-17(16)28-19(25)23(2)15-8-11-24(12-9-15)13-10-20-30(3,26)27/h4-7,15,20H,8-13H2,1-3H3. The number of nitrogens with one attached hydrogen (secondary N) is 1. The van der Waals surface area contributed by atoms with Crippen LogP contribution in [-0.2, 0) is 10.0 Å². The second-order valence-electron chi connectivity index (χ2n) is 7.36. The number of likely N-dealkylation sites (tertiary alicyclic amines) is 1. The number of carbonyl (C=O) groups excluding carboxylic acids is 1. The molecule has 10 nitrogen and oxygen atoms in total. The number of sulfonamides is 1. The van der Waals surface area contributed by atoms with Crippen molar-refractivity contribution in [2.24, 2.45) is 0 Å². The van der Waals surface area contributed by atoms with E-state index in [4.69, 9.17) is 9.26 Å². The van der Waals surface area contributed by atoms with Crippen LogP contribution in [0.1, 0.15) is 18.7 Å². The molecular formula is C19H27N5O5S. The number of ether oxygens (including phenoxy) is 1. The first-order valence-electron chi connectivity index (χ1n) is 9.74. The van der Waals surface area contributed by atoms with Gasteiger partial charge in [-0.25, -0.2) is 17.9 Å². The number of benzene rings is 1. The number of para-hydroxylation sites is 1. The van der Waals surface area contributed by atoms with Crippen LogP contribution in [0.5, 0.6) is 5.75 Å². The summed E-state index contributed by atoms with van der Waals surface area (Å²) in [7, 11) is -1.44. The number of aromatic nitrogens is 2. The first-order valence-corrected chi connectivity index (χ1v) is 11.6. The fraction of sp³-hybridized carbons (Fsp3) is 0.526. The molecule has 30 heavy (non-hydrogen) atoms. The zero-order valence-electron chi connectivity index (χ0n) is 17.4. The molecule has 1 fully saturated rings. The quantitative estimate of drug-likeness (QED) is 0.692. The Labute approximate surface area is 176 Å². The number of piperidine rings is 1. The minimum Gasteiger partial charge on any atom is -0.409 e. The van der Waals surface area contributed by atoms with E-state index in [-0.39, 0.29) is 6.04 Å². The van der Waals surface area contributed by atoms with E-state index >= 15 is 0 Å². The molecule has 1 saturated heterocycles. The maximum atomic E-state index is 12.7. The van der Waals surface area contributed by atoms with Crippen molar-refractivity contribution < 1.29 is 22.5 Å². The molecule has 1 aliphatic heterocycles. The van der Waals surface area contributed by atoms with Crippen molar-refractivity contribution in [3.63, 3.8) is 0 Å². The highest BCUT2D eigenvalue weighted by atomic mass is 32.2. The van der Waals surface area contributed by atoms with Crippen molar-refractivity contribution in [2.45, 2.75) is 25.8 Å². The smallest absolute Gasteiger partial charge is 0.409 e. The third-order valence-electron chi connectivity index (χ3n) is 5.03. The summed E-state index contributed by atoms with van der Waals surface area (Å²) in [6.45, 7) is 4.31. The Morgan fingerprint density at radius 1 is 1.33 bits per heavy atom. The van der Waals surface area contributed by atoms with Gasteiger partial charge in [0.1, 0.15) is 5.75 Å². The molecule has 0 aliphatic carbocycles. The van der Waals surface area contributed by atoms with Crippen LogP contribution in [0.25, 0.3) is 11.5 Å². The average Bonchev–Trinajstić information content (AvgIpc) is 3.13. The maximum absolute atomic E-state index is 12.7. The molecule has 0 unspecified atom stereocenters. The van der Waals surface area contributed by atoms with Gasteiger partial charge < -0.3 is 19.1 Å². The van der Waals surface area contributed by atoms with E-state index in [1.54, 1.807) is 37.1 Å². The van der Waals surface area contributed by atoms with Crippen molar-refractivity contribution >= 4 is 16.1 Å². The largest absolute Gasteiger partial charge is 0.415 e. The lowest BCUT2D eigenvalue weighted by molar-refractivity contribution is 0.110. The molecule has 0 bridgehead atoms. The number of amides is 1. The van der Waals surface area contributed by atoms with Crippen LogP contribution in [0.2, 0.25) is 0 Å². The van der Waals surface area contributed by atoms with Crippen LogP contribution in [0.15, 0.2) is 28.8 Å². The predicted octanol–water partition coefficient (Wildman–Crippen LogP) is 1.49. The zero-order valence-corrected chi connectivity index (χ0v) is 18.2. The Kier molecular flexibility index (Phi) is 7.06. The molecule has 3 rings (SSSR count). The molecular weight excluding hydrogens is 410 g/mol. The van der Waals surface area contributed by atoms with Crippen LogP contribution in [0.4, 0.5) is 4.79 Å². The Morgan fingerprint density at radius 2 is 2.03 bits per heavy atom. The molecule has 2 heterocycles. The van der Waals surface area contributed by atoms with Gasteiger partial charge >= 0.3 is 6.09 Å². The van der Waals surface area contributed by atoms with Gasteiger partial charge in [-0.15, -0.1) is 0 Å². The van der Waals surface area contributed by atoms with Crippen LogP contribution in [0.3, 0.4) is 0 Å². The van der Waals surface area contributed by atoms with Crippen molar-refractivity contribution in [2.75, 3.05) is 39.5 Å². The van der Waals surface area contributed by atoms with Crippen LogP contribution < -0.4 is 9.46 Å². The van der Waals surface area contributed by atoms with Gasteiger partial charge in [-0.2, -0.15) is 4.98 Å². The van der Waals surface area contributed by atoms with Gasteiger partial charge in [0, 0.05) is 39.3 Å². The summed E-state index contributed by atoms with van der Waals surface area (Å²) in [6.07, 6.45) is 2.28. The van der Waals surface area contributed by atoms with Gasteiger partial charge in [-0.1, -0.05) is 17.3 Å². The number of hydrogen-bond donors (Lipinski definition) is 1. The molecule has 1 amide bonds. The molecule has 0 radical (unpaired) electrons. The molecule has 11 heteroatoms. The lowest BCUT2D eigenvalue weighted by Crippen LogP contribution is -2.47. The van der Waals surface area contributed by atoms with Gasteiger partial charge in [0.2, 0.25) is 10.0 Å². The third kappa shape index (κ3) is 6.00. The highest BCUT2D eigenvalue weighted by molar-refractivity contribution is 7.88. The average molecular weight is 438 g/mol. The summed E-state index contributed by atoms with van der Waals surface area (Å²) < 4.78 is 35.6. The SMILES string of the molecule is Cc1noc(-c2ccccc2OC(=O)N(C)C2CCN(CCNS(C)(=O)=O)CC2)n1. The third-order valence-corrected chi connectivity index (χ3v) is 5.76. The Bertz CT molecular complexity index is 969. The second-order valence-corrected chi connectivity index (χ2v) is 9.19. The molecule has 1 aliphatic rings. The normalized spacial score (nSPS) is 15.8. The minimum absolute atomic E-state index is 0.0504. The molecule has 1 N–H and O–H groups in total. The highest BCUT2D eigenvalue weighted by Crippen LogP contribution is 2.29. The van der Waals surface area contributed by atoms with Crippen LogP contribution in [-0.4, -0.2) is 80.0 Å². The van der Waals surface area contributed by atoms with E-state index in [1.165, 1.54) is 0 Å². The van der Waals surface area contributed by atoms with Crippen LogP contribution in [0, 0.1) is 6.92 Å². The Morgan fingerprint density at radius 3 is 2.67 bits per heavy atom. The summed E-state index contributed by atoms with van der Waals surface area (Å²) >= 11 is 0. The lowest BCUT2D eigenvalue weighted by atomic mass is 10.0. The van der Waals surface area contributed by atoms with E-state index in [9.17, 15) is 13.2 Å². The Balaban J connectivity index is 1.54. The van der Waals surface area contributed by atoms with Gasteiger partial charge in [0.15, 0.2) is 5.82 Å². The number of carbonyl (C=O) groups is 1. The molecule has 2 aromatic rings. The minimum atomic E-state index is -3.17. The van der Waals surface area contributed by atoms with Crippen molar-refractivity contribution in [1.29, 1.82) is 0 Å². The molecule has 0 spiro atoms. The van der Waals surface area contributed by atoms with Crippen molar-refractivity contribution in [3.05, 3.63) is 30.1 Å². The molecule has 164 valence electrons. The fourth-order valence-corrected chi connectivity index (χ4v) is 3.84. The second kappa shape index (κ2) is 9.54. The summed E-state index contributed by atoms with van der Waals surface area (Å²) in [5.74, 6) is 1.17. The maximum Gasteiger partial charge on any atom is 0.415 e. The molecule has 1 aromatic heterocycles. The summed E-state index contributed by atoms with van der Waals surface area (Å²) in [6, 6.07) is 7.09. The van der Waals surface area contributed by atoms with Gasteiger partial charge in [-0.3, -0.25) is 0 Å². The van der Waals surface area contributed by atoms with E-state index in [2.05, 4.69) is 19.8 Å². The Hall–Kier alpha value is -2.50. The molecule has 0 atom stereocenters. The van der Waals surface area contributed by atoms with Crippen LogP contribution >= 0.6 is 0 Å². The number of hydrogen-bond acceptors (Lipinski definition) is 8. The summed E-state index contributed by atoms with van der Waals surface area (Å²) in [5, 5.41) is 3.78. The fourth-order valence-electron chi connectivity index (χ4n) is 3.37. The van der Waals surface area contributed by atoms with Crippen molar-refractivity contribution in [3.8, 4) is 17.2 Å². The monoisotopic (exact) mass is 437 g/mol. The topological polar surface area (TPSA) is 118 Å². The molecule has 0 saturated carbocycles. The first kappa shape index (κ1) is 22.2. The van der Waals surface area contributed by atoms with Gasteiger partial charge in [0.05, 0.1) is 11.8 Å². The zero-order chi connectivity index (χ0) is 21.7.